The Hall–Kier alpha value is -1.71. The lowest BCUT2D eigenvalue weighted by molar-refractivity contribution is 0.162. The van der Waals surface area contributed by atoms with Gasteiger partial charge in [0.15, 0.2) is 0 Å². The van der Waals surface area contributed by atoms with Crippen LogP contribution < -0.4 is 4.90 Å². The van der Waals surface area contributed by atoms with E-state index in [0.717, 1.165) is 0 Å². The lowest BCUT2D eigenvalue weighted by Gasteiger charge is -2.23. The average Bonchev–Trinajstić information content (AvgIpc) is 2.43. The number of amides is 1. The van der Waals surface area contributed by atoms with E-state index in [1.807, 2.05) is 0 Å². The number of hydrogen-bond donors (Lipinski definition) is 0. The molecule has 0 heterocycles. The summed E-state index contributed by atoms with van der Waals surface area (Å²) in [6.45, 7) is 2.01. The van der Waals surface area contributed by atoms with E-state index in [9.17, 15) is 4.79 Å². The molecule has 0 spiro atoms. The molecule has 0 aliphatic rings. The van der Waals surface area contributed by atoms with Crippen molar-refractivity contribution in [3.05, 3.63) is 58.6 Å². The van der Waals surface area contributed by atoms with Crippen molar-refractivity contribution in [1.29, 1.82) is 0 Å². The molecule has 0 atom stereocenters. The molecule has 0 saturated heterocycles. The Morgan fingerprint density at radius 2 is 1.45 bits per heavy atom. The number of benzene rings is 2. The number of nitrogens with zero attached hydrogens (tertiary/aromatic N) is 1. The quantitative estimate of drug-likeness (QED) is 0.771. The molecule has 0 saturated carbocycles. The normalized spacial score (nSPS) is 10.2. The van der Waals surface area contributed by atoms with Gasteiger partial charge in [0, 0.05) is 0 Å². The number of halogens is 2. The third-order valence-corrected chi connectivity index (χ3v) is 3.28. The maximum atomic E-state index is 12.2. The van der Waals surface area contributed by atoms with E-state index in [-0.39, 0.29) is 6.61 Å². The molecule has 2 aromatic rings. The zero-order valence-corrected chi connectivity index (χ0v) is 12.4. The third-order valence-electron chi connectivity index (χ3n) is 2.64. The Labute approximate surface area is 127 Å². The predicted octanol–water partition coefficient (Wildman–Crippen LogP) is 5.29. The van der Waals surface area contributed by atoms with Crippen LogP contribution in [0.4, 0.5) is 16.2 Å². The SMILES string of the molecule is CCOC(=O)N(c1ccccc1Cl)c1ccccc1Cl. The number of para-hydroxylation sites is 2. The minimum Gasteiger partial charge on any atom is -0.449 e. The number of hydrogen-bond acceptors (Lipinski definition) is 2. The largest absolute Gasteiger partial charge is 0.449 e. The molecule has 0 fully saturated rings. The molecule has 20 heavy (non-hydrogen) atoms. The first-order chi connectivity index (χ1) is 9.65. The summed E-state index contributed by atoms with van der Waals surface area (Å²) in [5.41, 5.74) is 1.06. The van der Waals surface area contributed by atoms with Gasteiger partial charge >= 0.3 is 6.09 Å². The Kier molecular flexibility index (Phi) is 4.88. The predicted molar refractivity (Wildman–Crippen MR) is 82.1 cm³/mol. The monoisotopic (exact) mass is 309 g/mol. The van der Waals surface area contributed by atoms with Gasteiger partial charge in [-0.3, -0.25) is 0 Å². The summed E-state index contributed by atoms with van der Waals surface area (Å²) in [4.78, 5) is 13.6. The van der Waals surface area contributed by atoms with Crippen LogP contribution >= 0.6 is 23.2 Å². The Morgan fingerprint density at radius 1 is 1.00 bits per heavy atom. The van der Waals surface area contributed by atoms with E-state index < -0.39 is 6.09 Å². The Morgan fingerprint density at radius 3 is 1.85 bits per heavy atom. The highest BCUT2D eigenvalue weighted by molar-refractivity contribution is 6.36. The minimum atomic E-state index is -0.520. The molecule has 5 heteroatoms. The van der Waals surface area contributed by atoms with Crippen molar-refractivity contribution in [1.82, 2.24) is 0 Å². The van der Waals surface area contributed by atoms with E-state index in [4.69, 9.17) is 27.9 Å². The highest BCUT2D eigenvalue weighted by Crippen LogP contribution is 2.36. The first kappa shape index (κ1) is 14.7. The molecule has 3 nitrogen and oxygen atoms in total. The van der Waals surface area contributed by atoms with Gasteiger partial charge in [-0.25, -0.2) is 9.69 Å². The van der Waals surface area contributed by atoms with Crippen molar-refractivity contribution in [2.24, 2.45) is 0 Å². The number of anilines is 2. The summed E-state index contributed by atoms with van der Waals surface area (Å²) in [5.74, 6) is 0. The highest BCUT2D eigenvalue weighted by atomic mass is 35.5. The maximum absolute atomic E-state index is 12.2. The van der Waals surface area contributed by atoms with Crippen molar-refractivity contribution in [2.75, 3.05) is 11.5 Å². The van der Waals surface area contributed by atoms with E-state index in [1.54, 1.807) is 55.5 Å². The lowest BCUT2D eigenvalue weighted by atomic mass is 10.2. The number of carbonyl (C=O) groups is 1. The van der Waals surface area contributed by atoms with Crippen LogP contribution in [0.2, 0.25) is 10.0 Å². The first-order valence-corrected chi connectivity index (χ1v) is 6.86. The highest BCUT2D eigenvalue weighted by Gasteiger charge is 2.23. The van der Waals surface area contributed by atoms with E-state index in [2.05, 4.69) is 0 Å². The zero-order chi connectivity index (χ0) is 14.5. The molecular formula is C15H13Cl2NO2. The van der Waals surface area contributed by atoms with Gasteiger partial charge in [-0.15, -0.1) is 0 Å². The summed E-state index contributed by atoms with van der Waals surface area (Å²) in [6.07, 6.45) is -0.520. The maximum Gasteiger partial charge on any atom is 0.419 e. The van der Waals surface area contributed by atoms with Crippen molar-refractivity contribution in [2.45, 2.75) is 6.92 Å². The molecule has 2 aromatic carbocycles. The molecule has 0 unspecified atom stereocenters. The van der Waals surface area contributed by atoms with Gasteiger partial charge < -0.3 is 4.74 Å². The fraction of sp³-hybridized carbons (Fsp3) is 0.133. The van der Waals surface area contributed by atoms with Crippen LogP contribution in [0.5, 0.6) is 0 Å². The Balaban J connectivity index is 2.54. The van der Waals surface area contributed by atoms with Crippen LogP contribution in [-0.4, -0.2) is 12.7 Å². The zero-order valence-electron chi connectivity index (χ0n) is 10.8. The molecule has 0 bridgehead atoms. The van der Waals surface area contributed by atoms with Crippen molar-refractivity contribution in [3.63, 3.8) is 0 Å². The summed E-state index contributed by atoms with van der Waals surface area (Å²) >= 11 is 12.3. The minimum absolute atomic E-state index is 0.268. The van der Waals surface area contributed by atoms with Crippen LogP contribution in [0.1, 0.15) is 6.92 Å². The van der Waals surface area contributed by atoms with Crippen LogP contribution in [0, 0.1) is 0 Å². The van der Waals surface area contributed by atoms with Gasteiger partial charge in [-0.2, -0.15) is 0 Å². The van der Waals surface area contributed by atoms with Gasteiger partial charge in [0.1, 0.15) is 0 Å². The summed E-state index contributed by atoms with van der Waals surface area (Å²) in [7, 11) is 0. The summed E-state index contributed by atoms with van der Waals surface area (Å²) in [5, 5.41) is 0.890. The van der Waals surface area contributed by atoms with Gasteiger partial charge in [-0.05, 0) is 31.2 Å². The van der Waals surface area contributed by atoms with E-state index in [0.29, 0.717) is 21.4 Å². The molecule has 0 aliphatic carbocycles. The molecule has 1 amide bonds. The van der Waals surface area contributed by atoms with Gasteiger partial charge in [0.25, 0.3) is 0 Å². The van der Waals surface area contributed by atoms with Crippen LogP contribution in [0.25, 0.3) is 0 Å². The van der Waals surface area contributed by atoms with Crippen LogP contribution in [0.15, 0.2) is 48.5 Å². The second-order valence-electron chi connectivity index (χ2n) is 3.94. The number of ether oxygens (including phenoxy) is 1. The number of rotatable bonds is 3. The first-order valence-electron chi connectivity index (χ1n) is 6.11. The Bertz CT molecular complexity index is 571. The fourth-order valence-corrected chi connectivity index (χ4v) is 2.22. The topological polar surface area (TPSA) is 29.5 Å². The van der Waals surface area contributed by atoms with E-state index >= 15 is 0 Å². The molecule has 104 valence electrons. The lowest BCUT2D eigenvalue weighted by Crippen LogP contribution is -2.27. The summed E-state index contributed by atoms with van der Waals surface area (Å²) < 4.78 is 5.09. The summed E-state index contributed by atoms with van der Waals surface area (Å²) in [6, 6.07) is 14.1. The van der Waals surface area contributed by atoms with Gasteiger partial charge in [0.05, 0.1) is 28.0 Å². The molecule has 0 aliphatic heterocycles. The third kappa shape index (κ3) is 3.06. The second kappa shape index (κ2) is 6.64. The molecule has 0 radical (unpaired) electrons. The van der Waals surface area contributed by atoms with Crippen LogP contribution in [0.3, 0.4) is 0 Å². The molecule has 0 aromatic heterocycles. The van der Waals surface area contributed by atoms with Crippen molar-refractivity contribution in [3.8, 4) is 0 Å². The van der Waals surface area contributed by atoms with Crippen molar-refractivity contribution < 1.29 is 9.53 Å². The fourth-order valence-electron chi connectivity index (χ4n) is 1.78. The molecule has 0 N–H and O–H groups in total. The van der Waals surface area contributed by atoms with Crippen LogP contribution in [-0.2, 0) is 4.74 Å². The smallest absolute Gasteiger partial charge is 0.419 e. The molecule has 2 rings (SSSR count). The van der Waals surface area contributed by atoms with E-state index in [1.165, 1.54) is 4.90 Å². The van der Waals surface area contributed by atoms with Crippen molar-refractivity contribution >= 4 is 40.7 Å². The van der Waals surface area contributed by atoms with Gasteiger partial charge in [0.2, 0.25) is 0 Å². The molecular weight excluding hydrogens is 297 g/mol. The second-order valence-corrected chi connectivity index (χ2v) is 4.75. The average molecular weight is 310 g/mol. The standard InChI is InChI=1S/C15H13Cl2NO2/c1-2-20-15(19)18(13-9-5-3-7-11(13)16)14-10-6-4-8-12(14)17/h3-10H,2H2,1H3. The number of carbonyl (C=O) groups excluding carboxylic acids is 1. The van der Waals surface area contributed by atoms with Gasteiger partial charge in [-0.1, -0.05) is 47.5 Å².